The zero-order valence-corrected chi connectivity index (χ0v) is 12.4. The van der Waals surface area contributed by atoms with Crippen molar-refractivity contribution in [3.05, 3.63) is 58.7 Å². The Kier molecular flexibility index (Phi) is 2.85. The molecule has 0 unspecified atom stereocenters. The molecular weight excluding hydrogens is 332 g/mol. The predicted octanol–water partition coefficient (Wildman–Crippen LogP) is 2.42. The zero-order chi connectivity index (χ0) is 14.2. The monoisotopic (exact) mass is 340 g/mol. The quantitative estimate of drug-likeness (QED) is 0.560. The minimum absolute atomic E-state index is 0.512. The van der Waals surface area contributed by atoms with Crippen LogP contribution < -0.4 is 0 Å². The topological polar surface area (TPSA) is 68.9 Å². The van der Waals surface area contributed by atoms with Crippen LogP contribution in [0.5, 0.6) is 0 Å². The molecule has 0 bridgehead atoms. The molecule has 6 nitrogen and oxygen atoms in total. The van der Waals surface area contributed by atoms with Crippen LogP contribution in [-0.2, 0) is 6.42 Å². The van der Waals surface area contributed by atoms with Crippen LogP contribution in [-0.4, -0.2) is 29.8 Å². The Morgan fingerprint density at radius 1 is 1.05 bits per heavy atom. The van der Waals surface area contributed by atoms with Crippen LogP contribution in [0.1, 0.15) is 11.4 Å². The van der Waals surface area contributed by atoms with Crippen LogP contribution in [0.2, 0.25) is 0 Å². The summed E-state index contributed by atoms with van der Waals surface area (Å²) < 4.78 is 2.62. The molecule has 0 saturated carbocycles. The van der Waals surface area contributed by atoms with E-state index >= 15 is 0 Å². The third-order valence-corrected chi connectivity index (χ3v) is 3.64. The maximum absolute atomic E-state index is 4.37. The van der Waals surface area contributed by atoms with E-state index in [0.717, 1.165) is 26.8 Å². The minimum atomic E-state index is 0.512. The maximum Gasteiger partial charge on any atom is 0.271 e. The van der Waals surface area contributed by atoms with Crippen molar-refractivity contribution >= 4 is 32.6 Å². The van der Waals surface area contributed by atoms with Crippen molar-refractivity contribution in [3.8, 4) is 0 Å². The number of rotatable bonds is 2. The van der Waals surface area contributed by atoms with Crippen LogP contribution in [0, 0.1) is 0 Å². The molecule has 0 fully saturated rings. The molecule has 4 rings (SSSR count). The second-order valence-corrected chi connectivity index (χ2v) is 5.54. The van der Waals surface area contributed by atoms with E-state index in [2.05, 4.69) is 47.3 Å². The van der Waals surface area contributed by atoms with Gasteiger partial charge in [-0.25, -0.2) is 4.98 Å². The molecule has 0 saturated heterocycles. The van der Waals surface area contributed by atoms with Gasteiger partial charge >= 0.3 is 0 Å². The number of benzene rings is 1. The van der Waals surface area contributed by atoms with Gasteiger partial charge in [-0.15, -0.1) is 10.2 Å². The summed E-state index contributed by atoms with van der Waals surface area (Å²) in [5.74, 6) is 1.28. The fourth-order valence-corrected chi connectivity index (χ4v) is 2.60. The van der Waals surface area contributed by atoms with E-state index in [1.807, 2.05) is 18.2 Å². The Hall–Kier alpha value is -2.41. The smallest absolute Gasteiger partial charge is 0.255 e. The van der Waals surface area contributed by atoms with E-state index in [1.165, 1.54) is 0 Å². The number of halogens is 1. The largest absolute Gasteiger partial charge is 0.271 e. The molecule has 0 aliphatic carbocycles. The molecule has 0 N–H and O–H groups in total. The van der Waals surface area contributed by atoms with Crippen LogP contribution in [0.25, 0.3) is 16.7 Å². The van der Waals surface area contributed by atoms with Gasteiger partial charge in [0, 0.05) is 22.5 Å². The molecule has 102 valence electrons. The second kappa shape index (κ2) is 4.85. The standard InChI is InChI=1S/C14H9BrN6/c15-11-7-10-5-9(1-2-12(10)17-8-11)6-13-19-20-14-16-3-4-18-21(13)14/h1-5,7-8H,6H2. The van der Waals surface area contributed by atoms with Gasteiger partial charge in [0.15, 0.2) is 5.82 Å². The van der Waals surface area contributed by atoms with Crippen molar-refractivity contribution in [2.24, 2.45) is 0 Å². The van der Waals surface area contributed by atoms with E-state index in [-0.39, 0.29) is 0 Å². The fraction of sp³-hybridized carbons (Fsp3) is 0.0714. The van der Waals surface area contributed by atoms with E-state index in [1.54, 1.807) is 23.1 Å². The van der Waals surface area contributed by atoms with Gasteiger partial charge < -0.3 is 0 Å². The Balaban J connectivity index is 1.76. The number of hydrogen-bond acceptors (Lipinski definition) is 5. The summed E-state index contributed by atoms with van der Waals surface area (Å²) in [5, 5.41) is 13.5. The number of pyridine rings is 1. The summed E-state index contributed by atoms with van der Waals surface area (Å²) in [6.07, 6.45) is 5.67. The first-order chi connectivity index (χ1) is 10.3. The zero-order valence-electron chi connectivity index (χ0n) is 10.8. The summed E-state index contributed by atoms with van der Waals surface area (Å²) >= 11 is 3.44. The van der Waals surface area contributed by atoms with Crippen LogP contribution in [0.15, 0.2) is 47.3 Å². The summed E-state index contributed by atoms with van der Waals surface area (Å²) in [5.41, 5.74) is 2.09. The van der Waals surface area contributed by atoms with Crippen molar-refractivity contribution in [1.82, 2.24) is 29.8 Å². The van der Waals surface area contributed by atoms with Gasteiger partial charge in [0.05, 0.1) is 17.9 Å². The van der Waals surface area contributed by atoms with E-state index in [4.69, 9.17) is 0 Å². The average molecular weight is 341 g/mol. The molecule has 4 aromatic rings. The van der Waals surface area contributed by atoms with Gasteiger partial charge in [-0.3, -0.25) is 4.98 Å². The Bertz CT molecular complexity index is 948. The lowest BCUT2D eigenvalue weighted by Crippen LogP contribution is -2.00. The lowest BCUT2D eigenvalue weighted by atomic mass is 10.1. The highest BCUT2D eigenvalue weighted by molar-refractivity contribution is 9.10. The van der Waals surface area contributed by atoms with Gasteiger partial charge in [0.2, 0.25) is 0 Å². The predicted molar refractivity (Wildman–Crippen MR) is 80.8 cm³/mol. The van der Waals surface area contributed by atoms with Crippen molar-refractivity contribution in [3.63, 3.8) is 0 Å². The lowest BCUT2D eigenvalue weighted by molar-refractivity contribution is 0.826. The Labute approximate surface area is 128 Å². The first kappa shape index (κ1) is 12.3. The van der Waals surface area contributed by atoms with Crippen LogP contribution in [0.3, 0.4) is 0 Å². The molecule has 3 aromatic heterocycles. The molecule has 21 heavy (non-hydrogen) atoms. The molecule has 0 aliphatic heterocycles. The first-order valence-corrected chi connectivity index (χ1v) is 7.14. The van der Waals surface area contributed by atoms with Crippen LogP contribution >= 0.6 is 15.9 Å². The third kappa shape index (κ3) is 2.25. The SMILES string of the molecule is Brc1cnc2ccc(Cc3nnc4nccnn34)cc2c1. The highest BCUT2D eigenvalue weighted by Gasteiger charge is 2.08. The highest BCUT2D eigenvalue weighted by Crippen LogP contribution is 2.19. The average Bonchev–Trinajstić information content (AvgIpc) is 2.90. The van der Waals surface area contributed by atoms with Crippen LogP contribution in [0.4, 0.5) is 0 Å². The van der Waals surface area contributed by atoms with Gasteiger partial charge in [0.25, 0.3) is 5.78 Å². The maximum atomic E-state index is 4.37. The van der Waals surface area contributed by atoms with Gasteiger partial charge in [-0.2, -0.15) is 9.61 Å². The van der Waals surface area contributed by atoms with Crippen molar-refractivity contribution in [2.45, 2.75) is 6.42 Å². The summed E-state index contributed by atoms with van der Waals surface area (Å²) in [4.78, 5) is 8.48. The van der Waals surface area contributed by atoms with Crippen molar-refractivity contribution in [2.75, 3.05) is 0 Å². The third-order valence-electron chi connectivity index (χ3n) is 3.20. The lowest BCUT2D eigenvalue weighted by Gasteiger charge is -2.03. The first-order valence-electron chi connectivity index (χ1n) is 6.35. The molecule has 0 amide bonds. The van der Waals surface area contributed by atoms with E-state index in [9.17, 15) is 0 Å². The van der Waals surface area contributed by atoms with E-state index in [0.29, 0.717) is 12.2 Å². The van der Waals surface area contributed by atoms with Gasteiger partial charge in [-0.1, -0.05) is 6.07 Å². The molecular formula is C14H9BrN6. The number of nitrogens with zero attached hydrogens (tertiary/aromatic N) is 6. The fourth-order valence-electron chi connectivity index (χ4n) is 2.25. The molecule has 0 aliphatic rings. The normalized spacial score (nSPS) is 11.3. The second-order valence-electron chi connectivity index (χ2n) is 4.63. The highest BCUT2D eigenvalue weighted by atomic mass is 79.9. The number of fused-ring (bicyclic) bond motifs is 2. The molecule has 3 heterocycles. The Morgan fingerprint density at radius 2 is 2.00 bits per heavy atom. The molecule has 0 radical (unpaired) electrons. The Morgan fingerprint density at radius 3 is 2.95 bits per heavy atom. The minimum Gasteiger partial charge on any atom is -0.255 e. The molecule has 1 aromatic carbocycles. The van der Waals surface area contributed by atoms with Gasteiger partial charge in [-0.05, 0) is 39.7 Å². The van der Waals surface area contributed by atoms with Crippen molar-refractivity contribution < 1.29 is 0 Å². The summed E-state index contributed by atoms with van der Waals surface area (Å²) in [6.45, 7) is 0. The molecule has 0 spiro atoms. The van der Waals surface area contributed by atoms with Gasteiger partial charge in [0.1, 0.15) is 0 Å². The van der Waals surface area contributed by atoms with Crippen molar-refractivity contribution in [1.29, 1.82) is 0 Å². The molecule has 0 atom stereocenters. The number of aromatic nitrogens is 6. The van der Waals surface area contributed by atoms with E-state index < -0.39 is 0 Å². The summed E-state index contributed by atoms with van der Waals surface area (Å²) in [6, 6.07) is 8.20. The molecule has 7 heteroatoms. The number of hydrogen-bond donors (Lipinski definition) is 0. The summed E-state index contributed by atoms with van der Waals surface area (Å²) in [7, 11) is 0.